The molecule has 2 aromatic carbocycles. The van der Waals surface area contributed by atoms with Gasteiger partial charge < -0.3 is 4.90 Å². The van der Waals surface area contributed by atoms with Crippen LogP contribution in [0.25, 0.3) is 0 Å². The normalized spacial score (nSPS) is 15.8. The number of carbonyl (C=O) groups excluding carboxylic acids is 2. The van der Waals surface area contributed by atoms with E-state index in [4.69, 9.17) is 0 Å². The average Bonchev–Trinajstić information content (AvgIpc) is 3.19. The molecular weight excluding hydrogens is 362 g/mol. The molecule has 1 aliphatic rings. The summed E-state index contributed by atoms with van der Waals surface area (Å²) in [6.45, 7) is 1.27. The maximum atomic E-state index is 12.9. The molecule has 1 aliphatic heterocycles. The van der Waals surface area contributed by atoms with Crippen molar-refractivity contribution in [1.82, 2.24) is 14.7 Å². The van der Waals surface area contributed by atoms with Crippen LogP contribution in [0, 0.1) is 0 Å². The largest absolute Gasteiger partial charge is 0.337 e. The lowest BCUT2D eigenvalue weighted by atomic mass is 9.86. The predicted molar refractivity (Wildman–Crippen MR) is 112 cm³/mol. The van der Waals surface area contributed by atoms with Gasteiger partial charge in [-0.1, -0.05) is 54.6 Å². The molecule has 0 bridgehead atoms. The van der Waals surface area contributed by atoms with Gasteiger partial charge in [-0.25, -0.2) is 0 Å². The third kappa shape index (κ3) is 4.29. The van der Waals surface area contributed by atoms with E-state index in [1.54, 1.807) is 4.68 Å². The Morgan fingerprint density at radius 1 is 1.03 bits per heavy atom. The number of fused-ring (bicyclic) bond motifs is 1. The fraction of sp³-hybridized carbons (Fsp3) is 0.292. The number of hydrogen-bond donors (Lipinski definition) is 0. The zero-order chi connectivity index (χ0) is 20.2. The summed E-state index contributed by atoms with van der Waals surface area (Å²) in [6, 6.07) is 17.6. The van der Waals surface area contributed by atoms with Crippen molar-refractivity contribution < 1.29 is 9.59 Å². The number of hydrogen-bond acceptors (Lipinski definition) is 3. The first-order chi connectivity index (χ1) is 14.1. The molecule has 3 aromatic rings. The minimum absolute atomic E-state index is 0.0932. The van der Waals surface area contributed by atoms with Gasteiger partial charge in [0.05, 0.1) is 6.20 Å². The first kappa shape index (κ1) is 19.1. The van der Waals surface area contributed by atoms with Gasteiger partial charge in [0.15, 0.2) is 5.78 Å². The van der Waals surface area contributed by atoms with Crippen LogP contribution >= 0.6 is 0 Å². The lowest BCUT2D eigenvalue weighted by Crippen LogP contribution is -2.38. The second-order valence-electron chi connectivity index (χ2n) is 7.62. The van der Waals surface area contributed by atoms with Crippen LogP contribution in [0.5, 0.6) is 0 Å². The first-order valence-corrected chi connectivity index (χ1v) is 10.0. The Labute approximate surface area is 171 Å². The Kier molecular flexibility index (Phi) is 5.56. The molecule has 0 aliphatic carbocycles. The van der Waals surface area contributed by atoms with Gasteiger partial charge in [0.2, 0.25) is 5.91 Å². The van der Waals surface area contributed by atoms with Crippen molar-refractivity contribution in [3.8, 4) is 0 Å². The lowest BCUT2D eigenvalue weighted by molar-refractivity contribution is -0.132. The van der Waals surface area contributed by atoms with Gasteiger partial charge in [0, 0.05) is 50.7 Å². The van der Waals surface area contributed by atoms with E-state index in [9.17, 15) is 9.59 Å². The molecule has 4 rings (SSSR count). The van der Waals surface area contributed by atoms with Gasteiger partial charge in [0.1, 0.15) is 0 Å². The van der Waals surface area contributed by atoms with Crippen LogP contribution in [0.2, 0.25) is 0 Å². The van der Waals surface area contributed by atoms with Crippen molar-refractivity contribution >= 4 is 11.7 Å². The highest BCUT2D eigenvalue weighted by Gasteiger charge is 2.29. The zero-order valence-electron chi connectivity index (χ0n) is 16.6. The Hall–Kier alpha value is -3.21. The zero-order valence-corrected chi connectivity index (χ0v) is 16.6. The van der Waals surface area contributed by atoms with Crippen LogP contribution in [0.3, 0.4) is 0 Å². The Bertz CT molecular complexity index is 1010. The maximum absolute atomic E-state index is 12.9. The monoisotopic (exact) mass is 387 g/mol. The number of aromatic nitrogens is 2. The molecule has 1 aromatic heterocycles. The van der Waals surface area contributed by atoms with E-state index in [0.717, 1.165) is 5.56 Å². The summed E-state index contributed by atoms with van der Waals surface area (Å²) in [4.78, 5) is 27.1. The van der Waals surface area contributed by atoms with Crippen LogP contribution in [-0.2, 0) is 18.4 Å². The van der Waals surface area contributed by atoms with E-state index in [1.807, 2.05) is 60.7 Å². The quantitative estimate of drug-likeness (QED) is 0.602. The molecule has 1 amide bonds. The average molecular weight is 387 g/mol. The van der Waals surface area contributed by atoms with Crippen molar-refractivity contribution in [3.63, 3.8) is 0 Å². The van der Waals surface area contributed by atoms with Crippen molar-refractivity contribution in [2.24, 2.45) is 7.05 Å². The van der Waals surface area contributed by atoms with E-state index in [-0.39, 0.29) is 17.6 Å². The fourth-order valence-electron chi connectivity index (χ4n) is 4.03. The summed E-state index contributed by atoms with van der Waals surface area (Å²) >= 11 is 0. The van der Waals surface area contributed by atoms with E-state index in [1.165, 1.54) is 11.1 Å². The van der Waals surface area contributed by atoms with E-state index in [0.29, 0.717) is 37.9 Å². The van der Waals surface area contributed by atoms with Gasteiger partial charge in [0.25, 0.3) is 0 Å². The third-order valence-electron chi connectivity index (χ3n) is 5.56. The molecule has 0 N–H and O–H groups in total. The topological polar surface area (TPSA) is 55.2 Å². The summed E-state index contributed by atoms with van der Waals surface area (Å²) in [6.07, 6.45) is 5.26. The molecule has 0 saturated carbocycles. The summed E-state index contributed by atoms with van der Waals surface area (Å²) in [5.41, 5.74) is 4.28. The minimum atomic E-state index is 0.0932. The Morgan fingerprint density at radius 3 is 2.55 bits per heavy atom. The molecule has 0 fully saturated rings. The fourth-order valence-corrected chi connectivity index (χ4v) is 4.03. The van der Waals surface area contributed by atoms with Gasteiger partial charge in [-0.2, -0.15) is 5.10 Å². The van der Waals surface area contributed by atoms with Crippen LogP contribution in [0.1, 0.15) is 52.2 Å². The van der Waals surface area contributed by atoms with Gasteiger partial charge in [-0.05, 0) is 23.1 Å². The Balaban J connectivity index is 1.42. The summed E-state index contributed by atoms with van der Waals surface area (Å²) < 4.78 is 1.80. The standard InChI is InChI=1S/C24H25N3O2/c1-26-15-20(14-25-26)22-17-27(16-19-10-5-6-11-21(19)22)24(29)13-7-12-23(28)18-8-3-2-4-9-18/h2-6,8-11,14-15,22H,7,12-13,16-17H2,1H3. The number of carbonyl (C=O) groups is 2. The van der Waals surface area contributed by atoms with E-state index >= 15 is 0 Å². The van der Waals surface area contributed by atoms with Crippen molar-refractivity contribution in [2.45, 2.75) is 31.7 Å². The van der Waals surface area contributed by atoms with Crippen LogP contribution in [0.15, 0.2) is 67.0 Å². The highest BCUT2D eigenvalue weighted by molar-refractivity contribution is 5.96. The summed E-state index contributed by atoms with van der Waals surface area (Å²) in [5.74, 6) is 0.327. The second kappa shape index (κ2) is 8.43. The van der Waals surface area contributed by atoms with Gasteiger partial charge in [-0.3, -0.25) is 14.3 Å². The number of ketones is 1. The second-order valence-corrected chi connectivity index (χ2v) is 7.62. The van der Waals surface area contributed by atoms with Gasteiger partial charge in [-0.15, -0.1) is 0 Å². The molecule has 2 heterocycles. The molecule has 1 atom stereocenters. The molecular formula is C24H25N3O2. The molecule has 5 nitrogen and oxygen atoms in total. The van der Waals surface area contributed by atoms with Crippen LogP contribution in [-0.4, -0.2) is 32.9 Å². The minimum Gasteiger partial charge on any atom is -0.337 e. The molecule has 29 heavy (non-hydrogen) atoms. The van der Waals surface area contributed by atoms with Crippen molar-refractivity contribution in [2.75, 3.05) is 6.54 Å². The van der Waals surface area contributed by atoms with Gasteiger partial charge >= 0.3 is 0 Å². The number of Topliss-reactive ketones (excluding diaryl/α,β-unsaturated/α-hetero) is 1. The number of nitrogens with zero attached hydrogens (tertiary/aromatic N) is 3. The highest BCUT2D eigenvalue weighted by Crippen LogP contribution is 2.33. The van der Waals surface area contributed by atoms with Crippen molar-refractivity contribution in [1.29, 1.82) is 0 Å². The number of benzene rings is 2. The van der Waals surface area contributed by atoms with Crippen LogP contribution in [0.4, 0.5) is 0 Å². The molecule has 0 radical (unpaired) electrons. The van der Waals surface area contributed by atoms with Crippen molar-refractivity contribution in [3.05, 3.63) is 89.2 Å². The molecule has 1 unspecified atom stereocenters. The molecule has 0 saturated heterocycles. The molecule has 148 valence electrons. The maximum Gasteiger partial charge on any atom is 0.222 e. The number of rotatable bonds is 6. The molecule has 5 heteroatoms. The predicted octanol–water partition coefficient (Wildman–Crippen LogP) is 3.95. The first-order valence-electron chi connectivity index (χ1n) is 10.0. The highest BCUT2D eigenvalue weighted by atomic mass is 16.2. The smallest absolute Gasteiger partial charge is 0.222 e. The summed E-state index contributed by atoms with van der Waals surface area (Å²) in [5, 5.41) is 4.31. The number of amides is 1. The van der Waals surface area contributed by atoms with Crippen LogP contribution < -0.4 is 0 Å². The summed E-state index contributed by atoms with van der Waals surface area (Å²) in [7, 11) is 1.91. The number of aryl methyl sites for hydroxylation is 1. The SMILES string of the molecule is Cn1cc(C2CN(C(=O)CCCC(=O)c3ccccc3)Cc3ccccc32)cn1. The molecule has 0 spiro atoms. The van der Waals surface area contributed by atoms with E-state index in [2.05, 4.69) is 23.3 Å². The van der Waals surface area contributed by atoms with E-state index < -0.39 is 0 Å². The Morgan fingerprint density at radius 2 is 1.79 bits per heavy atom. The third-order valence-corrected chi connectivity index (χ3v) is 5.56. The lowest BCUT2D eigenvalue weighted by Gasteiger charge is -2.34.